The molecule has 1 heterocycles. The second-order valence-electron chi connectivity index (χ2n) is 9.34. The van der Waals surface area contributed by atoms with Gasteiger partial charge in [-0.05, 0) is 59.0 Å². The van der Waals surface area contributed by atoms with Gasteiger partial charge in [0.15, 0.2) is 0 Å². The smallest absolute Gasteiger partial charge is 0.406 e. The van der Waals surface area contributed by atoms with Crippen LogP contribution in [0.5, 0.6) is 11.5 Å². The number of ether oxygens (including phenoxy) is 2. The van der Waals surface area contributed by atoms with Gasteiger partial charge < -0.3 is 9.47 Å². The van der Waals surface area contributed by atoms with Crippen LogP contribution in [-0.2, 0) is 27.6 Å². The van der Waals surface area contributed by atoms with Crippen molar-refractivity contribution in [3.8, 4) is 11.5 Å². The van der Waals surface area contributed by atoms with Crippen LogP contribution in [0.25, 0.3) is 0 Å². The van der Waals surface area contributed by atoms with E-state index in [1.54, 1.807) is 42.5 Å². The van der Waals surface area contributed by atoms with Crippen LogP contribution in [0, 0.1) is 0 Å². The molecule has 0 bridgehead atoms. The molecule has 0 atom stereocenters. The number of sulfonamides is 1. The zero-order valence-corrected chi connectivity index (χ0v) is 22.5. The number of benzene rings is 3. The molecule has 4 aromatic rings. The van der Waals surface area contributed by atoms with E-state index in [9.17, 15) is 34.8 Å². The lowest BCUT2D eigenvalue weighted by Gasteiger charge is -2.36. The summed E-state index contributed by atoms with van der Waals surface area (Å²) < 4.78 is 116. The minimum absolute atomic E-state index is 0.0196. The summed E-state index contributed by atoms with van der Waals surface area (Å²) in [6.45, 7) is -0.435. The van der Waals surface area contributed by atoms with Crippen molar-refractivity contribution in [2.24, 2.45) is 0 Å². The molecule has 0 saturated heterocycles. The van der Waals surface area contributed by atoms with E-state index in [0.717, 1.165) is 24.3 Å². The second kappa shape index (κ2) is 12.4. The van der Waals surface area contributed by atoms with Gasteiger partial charge in [0.05, 0.1) is 5.75 Å². The Morgan fingerprint density at radius 2 is 1.24 bits per heavy atom. The molecule has 0 aliphatic carbocycles. The first-order valence-corrected chi connectivity index (χ1v) is 14.0. The van der Waals surface area contributed by atoms with Gasteiger partial charge in [0.2, 0.25) is 10.0 Å². The highest BCUT2D eigenvalue weighted by atomic mass is 32.2. The first-order chi connectivity index (χ1) is 19.7. The van der Waals surface area contributed by atoms with Crippen LogP contribution in [0.15, 0.2) is 103 Å². The third-order valence-corrected chi connectivity index (χ3v) is 7.56. The molecule has 13 heteroatoms. The lowest BCUT2D eigenvalue weighted by Crippen LogP contribution is -2.44. The van der Waals surface area contributed by atoms with Crippen LogP contribution in [0.4, 0.5) is 26.3 Å². The van der Waals surface area contributed by atoms with Crippen LogP contribution in [0.2, 0.25) is 0 Å². The maximum absolute atomic E-state index is 13.2. The molecular formula is C29H24F6N2O4S. The summed E-state index contributed by atoms with van der Waals surface area (Å²) in [6.07, 6.45) is -7.22. The fourth-order valence-electron chi connectivity index (χ4n) is 4.55. The monoisotopic (exact) mass is 610 g/mol. The Labute approximate surface area is 238 Å². The minimum atomic E-state index is -5.02. The van der Waals surface area contributed by atoms with Gasteiger partial charge in [-0.2, -0.15) is 0 Å². The summed E-state index contributed by atoms with van der Waals surface area (Å²) in [7, 11) is -4.07. The third-order valence-electron chi connectivity index (χ3n) is 6.26. The van der Waals surface area contributed by atoms with E-state index >= 15 is 0 Å². The maximum Gasteiger partial charge on any atom is 0.573 e. The molecule has 0 radical (unpaired) electrons. The molecule has 4 rings (SSSR count). The number of hydrogen-bond donors (Lipinski definition) is 1. The number of rotatable bonds is 11. The van der Waals surface area contributed by atoms with E-state index in [1.165, 1.54) is 36.7 Å². The molecule has 0 fully saturated rings. The van der Waals surface area contributed by atoms with Gasteiger partial charge >= 0.3 is 12.7 Å². The highest BCUT2D eigenvalue weighted by Crippen LogP contribution is 2.40. The highest BCUT2D eigenvalue weighted by Gasteiger charge is 2.39. The van der Waals surface area contributed by atoms with Gasteiger partial charge in [0, 0.05) is 24.4 Å². The van der Waals surface area contributed by atoms with E-state index in [-0.39, 0.29) is 17.5 Å². The van der Waals surface area contributed by atoms with Crippen molar-refractivity contribution in [1.82, 2.24) is 9.71 Å². The molecule has 0 aliphatic rings. The number of nitrogens with zero attached hydrogens (tertiary/aromatic N) is 1. The van der Waals surface area contributed by atoms with Crippen molar-refractivity contribution in [2.75, 3.05) is 6.54 Å². The zero-order chi connectivity index (χ0) is 30.4. The minimum Gasteiger partial charge on any atom is -0.406 e. The summed E-state index contributed by atoms with van der Waals surface area (Å²) >= 11 is 0. The van der Waals surface area contributed by atoms with Gasteiger partial charge in [-0.3, -0.25) is 4.98 Å². The Morgan fingerprint density at radius 1 is 0.690 bits per heavy atom. The number of aromatic nitrogens is 1. The van der Waals surface area contributed by atoms with Crippen molar-refractivity contribution in [2.45, 2.75) is 30.3 Å². The Kier molecular flexibility index (Phi) is 9.12. The fraction of sp³-hybridized carbons (Fsp3) is 0.207. The van der Waals surface area contributed by atoms with Crippen molar-refractivity contribution in [3.63, 3.8) is 0 Å². The first kappa shape index (κ1) is 30.8. The summed E-state index contributed by atoms with van der Waals surface area (Å²) in [4.78, 5) is 3.90. The molecular weight excluding hydrogens is 586 g/mol. The Hall–Kier alpha value is -4.10. The number of alkyl halides is 6. The average Bonchev–Trinajstić information content (AvgIpc) is 2.90. The normalized spacial score (nSPS) is 12.6. The van der Waals surface area contributed by atoms with Gasteiger partial charge in [-0.15, -0.1) is 26.3 Å². The lowest BCUT2D eigenvalue weighted by atomic mass is 9.70. The van der Waals surface area contributed by atoms with Gasteiger partial charge in [-0.25, -0.2) is 13.1 Å². The topological polar surface area (TPSA) is 77.5 Å². The van der Waals surface area contributed by atoms with Crippen LogP contribution < -0.4 is 14.2 Å². The van der Waals surface area contributed by atoms with E-state index < -0.39 is 52.0 Å². The van der Waals surface area contributed by atoms with Crippen molar-refractivity contribution in [1.29, 1.82) is 0 Å². The number of nitrogens with one attached hydrogen (secondary N) is 1. The highest BCUT2D eigenvalue weighted by molar-refractivity contribution is 7.88. The molecule has 42 heavy (non-hydrogen) atoms. The summed E-state index contributed by atoms with van der Waals surface area (Å²) in [5.41, 5.74) is -0.213. The van der Waals surface area contributed by atoms with E-state index in [0.29, 0.717) is 11.1 Å². The number of pyridine rings is 1. The molecule has 1 aromatic heterocycles. The molecule has 0 amide bonds. The molecule has 222 valence electrons. The number of hydrogen-bond acceptors (Lipinski definition) is 5. The quantitative estimate of drug-likeness (QED) is 0.196. The molecule has 6 nitrogen and oxygen atoms in total. The average molecular weight is 611 g/mol. The van der Waals surface area contributed by atoms with E-state index in [1.807, 2.05) is 0 Å². The van der Waals surface area contributed by atoms with Crippen molar-refractivity contribution in [3.05, 3.63) is 126 Å². The Bertz CT molecular complexity index is 1520. The van der Waals surface area contributed by atoms with Crippen LogP contribution in [0.3, 0.4) is 0 Å². The first-order valence-electron chi connectivity index (χ1n) is 12.4. The predicted molar refractivity (Wildman–Crippen MR) is 142 cm³/mol. The predicted octanol–water partition coefficient (Wildman–Crippen LogP) is 6.53. The summed E-state index contributed by atoms with van der Waals surface area (Å²) in [5, 5.41) is 0. The molecule has 0 aliphatic heterocycles. The Morgan fingerprint density at radius 3 is 1.74 bits per heavy atom. The summed E-state index contributed by atoms with van der Waals surface area (Å²) in [6, 6.07) is 21.5. The summed E-state index contributed by atoms with van der Waals surface area (Å²) in [5.74, 6) is -1.63. The van der Waals surface area contributed by atoms with Gasteiger partial charge in [-0.1, -0.05) is 60.7 Å². The molecule has 0 spiro atoms. The van der Waals surface area contributed by atoms with Crippen LogP contribution in [-0.4, -0.2) is 32.7 Å². The van der Waals surface area contributed by atoms with Crippen molar-refractivity contribution >= 4 is 10.0 Å². The third kappa shape index (κ3) is 8.70. The maximum atomic E-state index is 13.2. The van der Waals surface area contributed by atoms with Gasteiger partial charge in [0.1, 0.15) is 11.5 Å². The zero-order valence-electron chi connectivity index (χ0n) is 21.7. The van der Waals surface area contributed by atoms with E-state index in [4.69, 9.17) is 0 Å². The van der Waals surface area contributed by atoms with Crippen LogP contribution in [0.1, 0.15) is 22.3 Å². The van der Waals surface area contributed by atoms with E-state index in [2.05, 4.69) is 19.2 Å². The molecule has 0 saturated carbocycles. The lowest BCUT2D eigenvalue weighted by molar-refractivity contribution is -0.275. The fourth-order valence-corrected chi connectivity index (χ4v) is 5.73. The number of halogens is 6. The SMILES string of the molecule is O=S(=O)(Cc1cccnc1)NCC(Cc1ccccc1)(c1cccc(OC(F)(F)F)c1)c1cccc(OC(F)(F)F)c1. The van der Waals surface area contributed by atoms with Gasteiger partial charge in [0.25, 0.3) is 0 Å². The van der Waals surface area contributed by atoms with Crippen LogP contribution >= 0.6 is 0 Å². The molecule has 1 N–H and O–H groups in total. The molecule has 0 unspecified atom stereocenters. The largest absolute Gasteiger partial charge is 0.573 e. The Balaban J connectivity index is 1.87. The van der Waals surface area contributed by atoms with Crippen molar-refractivity contribution < 1.29 is 44.2 Å². The molecule has 3 aromatic carbocycles. The second-order valence-corrected chi connectivity index (χ2v) is 11.1. The standard InChI is InChI=1S/C29H24F6N2O4S/c30-28(31,32)40-25-12-4-10-23(15-25)27(17-21-7-2-1-3-8-21,24-11-5-13-26(16-24)41-29(33,34)35)20-37-42(38,39)19-22-9-6-14-36-18-22/h1-16,18,37H,17,19-20H2.